The zero-order chi connectivity index (χ0) is 36.0. The van der Waals surface area contributed by atoms with Crippen LogP contribution in [0.4, 0.5) is 0 Å². The molecule has 6 nitrogen and oxygen atoms in total. The van der Waals surface area contributed by atoms with Crippen LogP contribution in [0.1, 0.15) is 239 Å². The molecule has 0 aromatic carbocycles. The molecule has 0 rings (SSSR count). The van der Waals surface area contributed by atoms with Crippen LogP contribution in [0, 0.1) is 0 Å². The van der Waals surface area contributed by atoms with Gasteiger partial charge in [0, 0.05) is 0 Å². The predicted octanol–water partition coefficient (Wildman–Crippen LogP) is 11.2. The SMILES string of the molecule is CCCCCCCCCCCCCCCCCCCCCCCCC(O)C(=O)NC(CO)C(O)C(O)CCCCCCCCCCCCC. The molecule has 0 aromatic heterocycles. The summed E-state index contributed by atoms with van der Waals surface area (Å²) in [7, 11) is 0. The van der Waals surface area contributed by atoms with E-state index in [0.717, 1.165) is 38.5 Å². The van der Waals surface area contributed by atoms with Crippen molar-refractivity contribution in [2.75, 3.05) is 6.61 Å². The largest absolute Gasteiger partial charge is 0.394 e. The zero-order valence-corrected chi connectivity index (χ0v) is 33.0. The highest BCUT2D eigenvalue weighted by Gasteiger charge is 2.28. The van der Waals surface area contributed by atoms with Crippen molar-refractivity contribution in [1.29, 1.82) is 0 Å². The molecule has 0 bridgehead atoms. The molecule has 0 aliphatic heterocycles. The molecule has 0 fully saturated rings. The van der Waals surface area contributed by atoms with Crippen molar-refractivity contribution in [3.63, 3.8) is 0 Å². The molecule has 0 aliphatic rings. The Morgan fingerprint density at radius 1 is 0.429 bits per heavy atom. The molecule has 6 heteroatoms. The summed E-state index contributed by atoms with van der Waals surface area (Å²) in [5, 5.41) is 43.6. The van der Waals surface area contributed by atoms with Crippen molar-refractivity contribution in [3.05, 3.63) is 0 Å². The summed E-state index contributed by atoms with van der Waals surface area (Å²) in [4.78, 5) is 12.5. The smallest absolute Gasteiger partial charge is 0.249 e. The third kappa shape index (κ3) is 32.9. The van der Waals surface area contributed by atoms with Gasteiger partial charge in [-0.1, -0.05) is 226 Å². The molecule has 0 spiro atoms. The van der Waals surface area contributed by atoms with Crippen LogP contribution in [0.2, 0.25) is 0 Å². The van der Waals surface area contributed by atoms with Crippen LogP contribution in [0.5, 0.6) is 0 Å². The number of amides is 1. The second-order valence-electron chi connectivity index (χ2n) is 15.4. The van der Waals surface area contributed by atoms with E-state index in [1.165, 1.54) is 173 Å². The van der Waals surface area contributed by atoms with Gasteiger partial charge < -0.3 is 25.7 Å². The summed E-state index contributed by atoms with van der Waals surface area (Å²) < 4.78 is 0. The van der Waals surface area contributed by atoms with Gasteiger partial charge in [0.2, 0.25) is 5.91 Å². The number of hydrogen-bond acceptors (Lipinski definition) is 5. The Hall–Kier alpha value is -0.690. The van der Waals surface area contributed by atoms with E-state index >= 15 is 0 Å². The summed E-state index contributed by atoms with van der Waals surface area (Å²) in [6.07, 6.45) is 40.0. The minimum Gasteiger partial charge on any atom is -0.394 e. The van der Waals surface area contributed by atoms with Gasteiger partial charge in [-0.05, 0) is 12.8 Å². The van der Waals surface area contributed by atoms with Gasteiger partial charge in [-0.2, -0.15) is 0 Å². The second-order valence-corrected chi connectivity index (χ2v) is 15.4. The molecule has 294 valence electrons. The monoisotopic (exact) mass is 698 g/mol. The Morgan fingerprint density at radius 3 is 0.980 bits per heavy atom. The maximum absolute atomic E-state index is 12.5. The standard InChI is InChI=1S/C43H87NO5/c1-3-5-7-9-11-13-15-16-17-18-19-20-21-22-23-24-25-27-29-31-33-35-37-41(47)43(49)44-39(38-45)42(48)40(46)36-34-32-30-28-26-14-12-10-8-6-4-2/h39-42,45-48H,3-38H2,1-2H3,(H,44,49). The molecule has 4 atom stereocenters. The third-order valence-corrected chi connectivity index (χ3v) is 10.6. The van der Waals surface area contributed by atoms with E-state index in [2.05, 4.69) is 19.2 Å². The maximum atomic E-state index is 12.5. The lowest BCUT2D eigenvalue weighted by atomic mass is 9.99. The van der Waals surface area contributed by atoms with Crippen LogP contribution in [0.25, 0.3) is 0 Å². The first kappa shape index (κ1) is 48.3. The number of carbonyl (C=O) groups excluding carboxylic acids is 1. The number of aliphatic hydroxyl groups excluding tert-OH is 4. The van der Waals surface area contributed by atoms with E-state index in [4.69, 9.17) is 0 Å². The van der Waals surface area contributed by atoms with Crippen LogP contribution < -0.4 is 5.32 Å². The third-order valence-electron chi connectivity index (χ3n) is 10.6. The van der Waals surface area contributed by atoms with Crippen molar-refractivity contribution in [3.8, 4) is 0 Å². The molecular formula is C43H87NO5. The van der Waals surface area contributed by atoms with E-state index in [0.29, 0.717) is 12.8 Å². The normalized spacial score (nSPS) is 14.2. The summed E-state index contributed by atoms with van der Waals surface area (Å²) in [5.41, 5.74) is 0. The summed E-state index contributed by atoms with van der Waals surface area (Å²) in [6, 6.07) is -0.977. The molecule has 49 heavy (non-hydrogen) atoms. The lowest BCUT2D eigenvalue weighted by Crippen LogP contribution is -2.53. The van der Waals surface area contributed by atoms with E-state index in [1.54, 1.807) is 0 Å². The number of unbranched alkanes of at least 4 members (excludes halogenated alkanes) is 31. The number of rotatable bonds is 40. The van der Waals surface area contributed by atoms with Crippen molar-refractivity contribution in [2.24, 2.45) is 0 Å². The fourth-order valence-corrected chi connectivity index (χ4v) is 7.05. The second kappa shape index (κ2) is 38.5. The summed E-state index contributed by atoms with van der Waals surface area (Å²) in [5.74, 6) is -0.580. The topological polar surface area (TPSA) is 110 Å². The van der Waals surface area contributed by atoms with Crippen LogP contribution in [0.3, 0.4) is 0 Å². The molecule has 0 saturated heterocycles. The highest BCUT2D eigenvalue weighted by atomic mass is 16.3. The molecule has 0 saturated carbocycles. The Kier molecular flexibility index (Phi) is 38.0. The van der Waals surface area contributed by atoms with E-state index < -0.39 is 36.9 Å². The molecule has 1 amide bonds. The van der Waals surface area contributed by atoms with Crippen molar-refractivity contribution < 1.29 is 25.2 Å². The quantitative estimate of drug-likeness (QED) is 0.0409. The molecule has 5 N–H and O–H groups in total. The van der Waals surface area contributed by atoms with Crippen molar-refractivity contribution >= 4 is 5.91 Å². The van der Waals surface area contributed by atoms with Gasteiger partial charge in [0.25, 0.3) is 0 Å². The first-order valence-electron chi connectivity index (χ1n) is 21.9. The minimum atomic E-state index is -1.25. The molecule has 0 radical (unpaired) electrons. The van der Waals surface area contributed by atoms with Gasteiger partial charge in [-0.3, -0.25) is 4.79 Å². The van der Waals surface area contributed by atoms with Gasteiger partial charge in [0.05, 0.1) is 18.8 Å². The maximum Gasteiger partial charge on any atom is 0.249 e. The Labute approximate surface area is 305 Å². The fraction of sp³-hybridized carbons (Fsp3) is 0.977. The lowest BCUT2D eigenvalue weighted by Gasteiger charge is -2.27. The molecule has 0 heterocycles. The summed E-state index contributed by atoms with van der Waals surface area (Å²) in [6.45, 7) is 4.05. The average Bonchev–Trinajstić information content (AvgIpc) is 3.11. The molecule has 4 unspecified atom stereocenters. The Morgan fingerprint density at radius 2 is 0.694 bits per heavy atom. The molecular weight excluding hydrogens is 610 g/mol. The lowest BCUT2D eigenvalue weighted by molar-refractivity contribution is -0.132. The van der Waals surface area contributed by atoms with Crippen LogP contribution in [-0.2, 0) is 4.79 Å². The van der Waals surface area contributed by atoms with E-state index in [-0.39, 0.29) is 0 Å². The van der Waals surface area contributed by atoms with Gasteiger partial charge >= 0.3 is 0 Å². The number of nitrogens with one attached hydrogen (secondary N) is 1. The Balaban J connectivity index is 3.64. The highest BCUT2D eigenvalue weighted by molar-refractivity contribution is 5.80. The number of carbonyl (C=O) groups is 1. The average molecular weight is 698 g/mol. The van der Waals surface area contributed by atoms with E-state index in [9.17, 15) is 25.2 Å². The van der Waals surface area contributed by atoms with Crippen LogP contribution in [0.15, 0.2) is 0 Å². The minimum absolute atomic E-state index is 0.375. The molecule has 0 aromatic rings. The zero-order valence-electron chi connectivity index (χ0n) is 33.0. The first-order valence-corrected chi connectivity index (χ1v) is 21.9. The van der Waals surface area contributed by atoms with Gasteiger partial charge in [0.15, 0.2) is 0 Å². The number of aliphatic hydroxyl groups is 4. The summed E-state index contributed by atoms with van der Waals surface area (Å²) >= 11 is 0. The fourth-order valence-electron chi connectivity index (χ4n) is 7.05. The molecule has 0 aliphatic carbocycles. The number of hydrogen-bond donors (Lipinski definition) is 5. The van der Waals surface area contributed by atoms with Crippen molar-refractivity contribution in [1.82, 2.24) is 5.32 Å². The first-order chi connectivity index (χ1) is 24.0. The van der Waals surface area contributed by atoms with Gasteiger partial charge in [0.1, 0.15) is 12.2 Å². The van der Waals surface area contributed by atoms with Crippen molar-refractivity contribution in [2.45, 2.75) is 263 Å². The van der Waals surface area contributed by atoms with E-state index in [1.807, 2.05) is 0 Å². The van der Waals surface area contributed by atoms with Gasteiger partial charge in [-0.25, -0.2) is 0 Å². The predicted molar refractivity (Wildman–Crippen MR) is 210 cm³/mol. The van der Waals surface area contributed by atoms with Crippen LogP contribution in [-0.4, -0.2) is 57.3 Å². The highest BCUT2D eigenvalue weighted by Crippen LogP contribution is 2.17. The van der Waals surface area contributed by atoms with Gasteiger partial charge in [-0.15, -0.1) is 0 Å². The van der Waals surface area contributed by atoms with Crippen LogP contribution >= 0.6 is 0 Å². The Bertz CT molecular complexity index is 662.